The summed E-state index contributed by atoms with van der Waals surface area (Å²) < 4.78 is 12.7. The second-order valence-corrected chi connectivity index (χ2v) is 6.53. The smallest absolute Gasteiger partial charge is 0.121 e. The number of hydrogen-bond donors (Lipinski definition) is 0. The Kier molecular flexibility index (Phi) is 3.83. The lowest BCUT2D eigenvalue weighted by Gasteiger charge is -2.26. The summed E-state index contributed by atoms with van der Waals surface area (Å²) in [5.74, 6) is 0.776. The van der Waals surface area contributed by atoms with Crippen LogP contribution in [-0.2, 0) is 4.74 Å². The normalized spacial score (nSPS) is 14.3. The first-order valence-electron chi connectivity index (χ1n) is 8.85. The van der Waals surface area contributed by atoms with E-state index in [0.717, 1.165) is 39.2 Å². The second kappa shape index (κ2) is 6.48. The summed E-state index contributed by atoms with van der Waals surface area (Å²) in [5, 5.41) is 5.84. The van der Waals surface area contributed by atoms with Gasteiger partial charge in [-0.25, -0.2) is 9.97 Å². The molecule has 1 aliphatic heterocycles. The van der Waals surface area contributed by atoms with E-state index in [0.29, 0.717) is 13.2 Å². The minimum absolute atomic E-state index is 0.273. The summed E-state index contributed by atoms with van der Waals surface area (Å²) in [6.07, 6.45) is 3.66. The van der Waals surface area contributed by atoms with Gasteiger partial charge in [0.1, 0.15) is 17.8 Å². The van der Waals surface area contributed by atoms with Crippen molar-refractivity contribution >= 4 is 10.9 Å². The average Bonchev–Trinajstić information content (AvgIpc) is 3.10. The van der Waals surface area contributed by atoms with Crippen LogP contribution < -0.4 is 4.74 Å². The molecule has 0 N–H and O–H groups in total. The van der Waals surface area contributed by atoms with Crippen LogP contribution >= 0.6 is 0 Å². The summed E-state index contributed by atoms with van der Waals surface area (Å²) in [5.41, 5.74) is 4.68. The van der Waals surface area contributed by atoms with Gasteiger partial charge in [-0.1, -0.05) is 30.3 Å². The van der Waals surface area contributed by atoms with Crippen LogP contribution in [0.1, 0.15) is 6.04 Å². The molecule has 1 aliphatic rings. The summed E-state index contributed by atoms with van der Waals surface area (Å²) in [7, 11) is 1.65. The third-order valence-corrected chi connectivity index (χ3v) is 4.87. The van der Waals surface area contributed by atoms with E-state index < -0.39 is 0 Å². The number of benzene rings is 2. The van der Waals surface area contributed by atoms with Gasteiger partial charge >= 0.3 is 0 Å². The Hall–Kier alpha value is -3.25. The lowest BCUT2D eigenvalue weighted by atomic mass is 10.0. The van der Waals surface area contributed by atoms with Gasteiger partial charge in [0.05, 0.1) is 37.6 Å². The maximum atomic E-state index is 5.35. The molecule has 0 amide bonds. The highest BCUT2D eigenvalue weighted by Crippen LogP contribution is 2.35. The van der Waals surface area contributed by atoms with E-state index in [1.807, 2.05) is 41.1 Å². The molecule has 0 unspecified atom stereocenters. The van der Waals surface area contributed by atoms with Crippen molar-refractivity contribution in [2.45, 2.75) is 6.04 Å². The van der Waals surface area contributed by atoms with Gasteiger partial charge in [-0.05, 0) is 12.1 Å². The third-order valence-electron chi connectivity index (χ3n) is 4.87. The fourth-order valence-corrected chi connectivity index (χ4v) is 3.32. The number of methoxy groups -OCH3 is 1. The standard InChI is InChI=1S/C21H18N4O2/c1-26-16-7-8-17-19(9-16)22-13-23-21(17)18-10-25(15-11-27-12-15)24-20(18)14-5-3-2-4-6-14/h2-10,13,15H,11-12H2,1H3. The predicted molar refractivity (Wildman–Crippen MR) is 103 cm³/mol. The molecule has 0 spiro atoms. The third kappa shape index (κ3) is 2.74. The minimum Gasteiger partial charge on any atom is -0.497 e. The van der Waals surface area contributed by atoms with Gasteiger partial charge in [0, 0.05) is 28.8 Å². The maximum absolute atomic E-state index is 5.35. The molecule has 1 saturated heterocycles. The van der Waals surface area contributed by atoms with Crippen LogP contribution in [0, 0.1) is 0 Å². The Balaban J connectivity index is 1.72. The molecule has 0 radical (unpaired) electrons. The molecule has 0 saturated carbocycles. The Morgan fingerprint density at radius 1 is 1.04 bits per heavy atom. The molecule has 2 aromatic heterocycles. The first kappa shape index (κ1) is 16.0. The molecular formula is C21H18N4O2. The Morgan fingerprint density at radius 3 is 2.63 bits per heavy atom. The molecule has 134 valence electrons. The van der Waals surface area contributed by atoms with Crippen LogP contribution in [0.4, 0.5) is 0 Å². The number of fused-ring (bicyclic) bond motifs is 1. The van der Waals surface area contributed by atoms with Crippen molar-refractivity contribution in [1.29, 1.82) is 0 Å². The molecular weight excluding hydrogens is 340 g/mol. The molecule has 1 fully saturated rings. The second-order valence-electron chi connectivity index (χ2n) is 6.53. The molecule has 5 rings (SSSR count). The monoisotopic (exact) mass is 358 g/mol. The zero-order valence-electron chi connectivity index (χ0n) is 14.9. The van der Waals surface area contributed by atoms with E-state index in [4.69, 9.17) is 14.6 Å². The Bertz CT molecular complexity index is 1100. The summed E-state index contributed by atoms with van der Waals surface area (Å²) in [6, 6.07) is 16.3. The topological polar surface area (TPSA) is 62.1 Å². The fraction of sp³-hybridized carbons (Fsp3) is 0.190. The molecule has 4 aromatic rings. The number of ether oxygens (including phenoxy) is 2. The van der Waals surface area contributed by atoms with Crippen LogP contribution in [0.3, 0.4) is 0 Å². The van der Waals surface area contributed by atoms with Crippen LogP contribution in [0.2, 0.25) is 0 Å². The van der Waals surface area contributed by atoms with Crippen molar-refractivity contribution in [2.75, 3.05) is 20.3 Å². The largest absolute Gasteiger partial charge is 0.497 e. The zero-order chi connectivity index (χ0) is 18.2. The van der Waals surface area contributed by atoms with Crippen LogP contribution in [0.15, 0.2) is 61.1 Å². The summed E-state index contributed by atoms with van der Waals surface area (Å²) in [4.78, 5) is 9.01. The van der Waals surface area contributed by atoms with Crippen LogP contribution in [-0.4, -0.2) is 40.1 Å². The minimum atomic E-state index is 0.273. The number of rotatable bonds is 4. The molecule has 2 aromatic carbocycles. The lowest BCUT2D eigenvalue weighted by molar-refractivity contribution is -0.0285. The fourth-order valence-electron chi connectivity index (χ4n) is 3.32. The van der Waals surface area contributed by atoms with E-state index in [9.17, 15) is 0 Å². The van der Waals surface area contributed by atoms with Gasteiger partial charge < -0.3 is 9.47 Å². The van der Waals surface area contributed by atoms with E-state index in [1.165, 1.54) is 0 Å². The zero-order valence-corrected chi connectivity index (χ0v) is 14.9. The predicted octanol–water partition coefficient (Wildman–Crippen LogP) is 3.74. The number of nitrogens with zero attached hydrogens (tertiary/aromatic N) is 4. The molecule has 0 aliphatic carbocycles. The SMILES string of the molecule is COc1ccc2c(-c3cn(C4COC4)nc3-c3ccccc3)ncnc2c1. The van der Waals surface area contributed by atoms with Gasteiger partial charge in [-0.2, -0.15) is 5.10 Å². The summed E-state index contributed by atoms with van der Waals surface area (Å²) in [6.45, 7) is 1.38. The molecule has 6 heteroatoms. The van der Waals surface area contributed by atoms with Crippen molar-refractivity contribution in [3.8, 4) is 28.3 Å². The molecule has 27 heavy (non-hydrogen) atoms. The number of hydrogen-bond acceptors (Lipinski definition) is 5. The lowest BCUT2D eigenvalue weighted by Crippen LogP contribution is -2.30. The van der Waals surface area contributed by atoms with Gasteiger partial charge in [-0.15, -0.1) is 0 Å². The van der Waals surface area contributed by atoms with E-state index in [1.54, 1.807) is 13.4 Å². The molecule has 3 heterocycles. The van der Waals surface area contributed by atoms with Crippen molar-refractivity contribution < 1.29 is 9.47 Å². The Morgan fingerprint density at radius 2 is 1.89 bits per heavy atom. The van der Waals surface area contributed by atoms with E-state index in [2.05, 4.69) is 28.3 Å². The maximum Gasteiger partial charge on any atom is 0.121 e. The van der Waals surface area contributed by atoms with Crippen molar-refractivity contribution in [2.24, 2.45) is 0 Å². The van der Waals surface area contributed by atoms with Gasteiger partial charge in [-0.3, -0.25) is 4.68 Å². The molecule has 6 nitrogen and oxygen atoms in total. The van der Waals surface area contributed by atoms with Crippen LogP contribution in [0.5, 0.6) is 5.75 Å². The highest BCUT2D eigenvalue weighted by atomic mass is 16.5. The van der Waals surface area contributed by atoms with E-state index >= 15 is 0 Å². The van der Waals surface area contributed by atoms with Crippen molar-refractivity contribution in [3.05, 3.63) is 61.1 Å². The van der Waals surface area contributed by atoms with Gasteiger partial charge in [0.25, 0.3) is 0 Å². The van der Waals surface area contributed by atoms with Gasteiger partial charge in [0.15, 0.2) is 0 Å². The molecule has 0 bridgehead atoms. The number of aromatic nitrogens is 4. The average molecular weight is 358 g/mol. The quantitative estimate of drug-likeness (QED) is 0.556. The summed E-state index contributed by atoms with van der Waals surface area (Å²) >= 11 is 0. The molecule has 0 atom stereocenters. The van der Waals surface area contributed by atoms with Crippen molar-refractivity contribution in [1.82, 2.24) is 19.7 Å². The first-order valence-corrected chi connectivity index (χ1v) is 8.85. The highest BCUT2D eigenvalue weighted by molar-refractivity contribution is 5.96. The van der Waals surface area contributed by atoms with Crippen LogP contribution in [0.25, 0.3) is 33.4 Å². The van der Waals surface area contributed by atoms with Gasteiger partial charge in [0.2, 0.25) is 0 Å². The first-order chi connectivity index (χ1) is 13.3. The Labute approximate surface area is 156 Å². The van der Waals surface area contributed by atoms with E-state index in [-0.39, 0.29) is 6.04 Å². The highest BCUT2D eigenvalue weighted by Gasteiger charge is 2.25. The van der Waals surface area contributed by atoms with Crippen molar-refractivity contribution in [3.63, 3.8) is 0 Å².